The van der Waals surface area contributed by atoms with Crippen molar-refractivity contribution in [3.63, 3.8) is 0 Å². The van der Waals surface area contributed by atoms with Gasteiger partial charge in [0.1, 0.15) is 5.75 Å². The first-order valence-electron chi connectivity index (χ1n) is 7.69. The van der Waals surface area contributed by atoms with Gasteiger partial charge in [0.15, 0.2) is 0 Å². The molecular weight excluding hydrogens is 234 g/mol. The minimum Gasteiger partial charge on any atom is -0.497 e. The number of ether oxygens (including phenoxy) is 1. The maximum atomic E-state index is 5.17. The molecule has 2 aliphatic rings. The molecule has 0 heterocycles. The lowest BCUT2D eigenvalue weighted by Gasteiger charge is -2.21. The van der Waals surface area contributed by atoms with Crippen molar-refractivity contribution in [2.24, 2.45) is 17.8 Å². The summed E-state index contributed by atoms with van der Waals surface area (Å²) < 4.78 is 5.17. The van der Waals surface area contributed by atoms with Crippen LogP contribution in [0.15, 0.2) is 24.3 Å². The van der Waals surface area contributed by atoms with Gasteiger partial charge in [-0.05, 0) is 74.2 Å². The molecule has 3 atom stereocenters. The summed E-state index contributed by atoms with van der Waals surface area (Å²) >= 11 is 0. The van der Waals surface area contributed by atoms with Crippen LogP contribution in [0.1, 0.15) is 31.2 Å². The second-order valence-corrected chi connectivity index (χ2v) is 6.24. The van der Waals surface area contributed by atoms with Gasteiger partial charge in [0.2, 0.25) is 0 Å². The zero-order chi connectivity index (χ0) is 13.1. The molecule has 19 heavy (non-hydrogen) atoms. The largest absolute Gasteiger partial charge is 0.497 e. The maximum Gasteiger partial charge on any atom is 0.118 e. The lowest BCUT2D eigenvalue weighted by atomic mass is 9.89. The Kier molecular flexibility index (Phi) is 4.07. The maximum absolute atomic E-state index is 5.17. The molecule has 2 heteroatoms. The molecule has 2 saturated carbocycles. The van der Waals surface area contributed by atoms with E-state index in [0.717, 1.165) is 36.5 Å². The van der Waals surface area contributed by atoms with Crippen molar-refractivity contribution in [2.45, 2.75) is 32.1 Å². The fraction of sp³-hybridized carbons (Fsp3) is 0.647. The summed E-state index contributed by atoms with van der Waals surface area (Å²) in [6, 6.07) is 8.42. The molecule has 0 radical (unpaired) electrons. The summed E-state index contributed by atoms with van der Waals surface area (Å²) in [6.45, 7) is 2.33. The van der Waals surface area contributed by atoms with Crippen molar-refractivity contribution in [1.82, 2.24) is 5.32 Å². The normalized spacial score (nSPS) is 28.8. The number of nitrogens with one attached hydrogen (secondary N) is 1. The van der Waals surface area contributed by atoms with Gasteiger partial charge in [-0.25, -0.2) is 0 Å². The predicted molar refractivity (Wildman–Crippen MR) is 78.5 cm³/mol. The third kappa shape index (κ3) is 3.11. The van der Waals surface area contributed by atoms with E-state index >= 15 is 0 Å². The Morgan fingerprint density at radius 2 is 2.00 bits per heavy atom. The summed E-state index contributed by atoms with van der Waals surface area (Å²) in [5.74, 6) is 4.02. The zero-order valence-corrected chi connectivity index (χ0v) is 11.9. The molecule has 2 bridgehead atoms. The van der Waals surface area contributed by atoms with E-state index in [1.165, 1.54) is 37.8 Å². The molecule has 0 aliphatic heterocycles. The molecule has 0 spiro atoms. The first-order valence-corrected chi connectivity index (χ1v) is 7.69. The molecule has 3 rings (SSSR count). The lowest BCUT2D eigenvalue weighted by molar-refractivity contribution is 0.320. The van der Waals surface area contributed by atoms with Crippen LogP contribution in [0.4, 0.5) is 0 Å². The Balaban J connectivity index is 1.36. The van der Waals surface area contributed by atoms with Gasteiger partial charge in [0.05, 0.1) is 7.11 Å². The van der Waals surface area contributed by atoms with Crippen molar-refractivity contribution in [3.05, 3.63) is 29.8 Å². The van der Waals surface area contributed by atoms with Crippen LogP contribution in [0.5, 0.6) is 5.75 Å². The Bertz CT molecular complexity index is 400. The monoisotopic (exact) mass is 259 g/mol. The molecule has 0 saturated heterocycles. The van der Waals surface area contributed by atoms with Gasteiger partial charge in [0, 0.05) is 0 Å². The molecule has 1 aromatic rings. The van der Waals surface area contributed by atoms with E-state index in [0.29, 0.717) is 0 Å². The van der Waals surface area contributed by atoms with E-state index in [9.17, 15) is 0 Å². The standard InChI is InChI=1S/C17H25NO/c1-19-17-6-3-13(4-7-17)8-9-18-12-16-11-14-2-5-15(16)10-14/h3-4,6-7,14-16,18H,2,5,8-12H2,1H3. The van der Waals surface area contributed by atoms with Crippen LogP contribution in [-0.4, -0.2) is 20.2 Å². The number of hydrogen-bond donors (Lipinski definition) is 1. The third-order valence-corrected chi connectivity index (χ3v) is 5.04. The highest BCUT2D eigenvalue weighted by Crippen LogP contribution is 2.47. The zero-order valence-electron chi connectivity index (χ0n) is 11.9. The number of methoxy groups -OCH3 is 1. The van der Waals surface area contributed by atoms with Gasteiger partial charge < -0.3 is 10.1 Å². The van der Waals surface area contributed by atoms with Crippen molar-refractivity contribution < 1.29 is 4.74 Å². The van der Waals surface area contributed by atoms with Gasteiger partial charge in [0.25, 0.3) is 0 Å². The van der Waals surface area contributed by atoms with Crippen LogP contribution in [0.2, 0.25) is 0 Å². The molecule has 1 N–H and O–H groups in total. The van der Waals surface area contributed by atoms with Crippen molar-refractivity contribution in [3.8, 4) is 5.75 Å². The first-order chi connectivity index (χ1) is 9.35. The highest BCUT2D eigenvalue weighted by atomic mass is 16.5. The minimum absolute atomic E-state index is 0.943. The Hall–Kier alpha value is -1.02. The van der Waals surface area contributed by atoms with E-state index in [2.05, 4.69) is 17.4 Å². The Morgan fingerprint density at radius 3 is 2.63 bits per heavy atom. The van der Waals surface area contributed by atoms with E-state index in [-0.39, 0.29) is 0 Å². The van der Waals surface area contributed by atoms with Gasteiger partial charge in [-0.1, -0.05) is 18.6 Å². The summed E-state index contributed by atoms with van der Waals surface area (Å²) in [5.41, 5.74) is 1.39. The smallest absolute Gasteiger partial charge is 0.118 e. The van der Waals surface area contributed by atoms with E-state index in [1.54, 1.807) is 7.11 Å². The SMILES string of the molecule is COc1ccc(CCNCC2CC3CCC2C3)cc1. The number of rotatable bonds is 6. The molecule has 1 aromatic carbocycles. The number of hydrogen-bond acceptors (Lipinski definition) is 2. The summed E-state index contributed by atoms with van der Waals surface area (Å²) in [5, 5.41) is 3.66. The lowest BCUT2D eigenvalue weighted by Crippen LogP contribution is -2.28. The fourth-order valence-electron chi connectivity index (χ4n) is 3.94. The van der Waals surface area contributed by atoms with Crippen LogP contribution < -0.4 is 10.1 Å². The number of benzene rings is 1. The molecule has 0 aromatic heterocycles. The Labute approximate surface area is 116 Å². The van der Waals surface area contributed by atoms with Gasteiger partial charge in [-0.2, -0.15) is 0 Å². The summed E-state index contributed by atoms with van der Waals surface area (Å²) in [7, 11) is 1.71. The van der Waals surface area contributed by atoms with E-state index < -0.39 is 0 Å². The van der Waals surface area contributed by atoms with Crippen molar-refractivity contribution >= 4 is 0 Å². The molecule has 104 valence electrons. The number of fused-ring (bicyclic) bond motifs is 2. The Morgan fingerprint density at radius 1 is 1.16 bits per heavy atom. The van der Waals surface area contributed by atoms with Crippen LogP contribution in [0.3, 0.4) is 0 Å². The van der Waals surface area contributed by atoms with Crippen LogP contribution >= 0.6 is 0 Å². The molecular formula is C17H25NO. The highest BCUT2D eigenvalue weighted by Gasteiger charge is 2.38. The molecule has 2 nitrogen and oxygen atoms in total. The van der Waals surface area contributed by atoms with Gasteiger partial charge >= 0.3 is 0 Å². The third-order valence-electron chi connectivity index (χ3n) is 5.04. The van der Waals surface area contributed by atoms with Gasteiger partial charge in [-0.15, -0.1) is 0 Å². The average Bonchev–Trinajstić information content (AvgIpc) is 3.07. The highest BCUT2D eigenvalue weighted by molar-refractivity contribution is 5.27. The second kappa shape index (κ2) is 5.96. The second-order valence-electron chi connectivity index (χ2n) is 6.24. The minimum atomic E-state index is 0.943. The quantitative estimate of drug-likeness (QED) is 0.792. The van der Waals surface area contributed by atoms with Crippen molar-refractivity contribution in [2.75, 3.05) is 20.2 Å². The average molecular weight is 259 g/mol. The van der Waals surface area contributed by atoms with Crippen LogP contribution in [-0.2, 0) is 6.42 Å². The predicted octanol–water partition coefficient (Wildman–Crippen LogP) is 3.26. The van der Waals surface area contributed by atoms with Gasteiger partial charge in [-0.3, -0.25) is 0 Å². The van der Waals surface area contributed by atoms with Crippen LogP contribution in [0, 0.1) is 17.8 Å². The van der Waals surface area contributed by atoms with E-state index in [4.69, 9.17) is 4.74 Å². The van der Waals surface area contributed by atoms with E-state index in [1.807, 2.05) is 12.1 Å². The molecule has 0 amide bonds. The molecule has 3 unspecified atom stereocenters. The first kappa shape index (κ1) is 13.0. The van der Waals surface area contributed by atoms with Crippen LogP contribution in [0.25, 0.3) is 0 Å². The van der Waals surface area contributed by atoms with Crippen molar-refractivity contribution in [1.29, 1.82) is 0 Å². The topological polar surface area (TPSA) is 21.3 Å². The molecule has 2 aliphatic carbocycles. The summed E-state index contributed by atoms with van der Waals surface area (Å²) in [4.78, 5) is 0. The fourth-order valence-corrected chi connectivity index (χ4v) is 3.94. The molecule has 2 fully saturated rings. The summed E-state index contributed by atoms with van der Waals surface area (Å²) in [6.07, 6.45) is 7.12.